The fourth-order valence-electron chi connectivity index (χ4n) is 1.03. The third kappa shape index (κ3) is 4.16. The summed E-state index contributed by atoms with van der Waals surface area (Å²) in [4.78, 5) is 26.5. The topological polar surface area (TPSA) is 117 Å². The minimum absolute atomic E-state index is 0.00750. The van der Waals surface area contributed by atoms with Gasteiger partial charge in [0.1, 0.15) is 0 Å². The number of urea groups is 1. The van der Waals surface area contributed by atoms with E-state index in [1.807, 2.05) is 0 Å². The Morgan fingerprint density at radius 1 is 1.21 bits per heavy atom. The summed E-state index contributed by atoms with van der Waals surface area (Å²) in [6, 6.07) is -0.570. The maximum Gasteiger partial charge on any atom is 0.321 e. The van der Waals surface area contributed by atoms with E-state index in [4.69, 9.17) is 5.11 Å². The number of hydrogen-bond acceptors (Lipinski definition) is 5. The molecule has 104 valence electrons. The van der Waals surface area contributed by atoms with Gasteiger partial charge in [-0.2, -0.15) is 5.10 Å². The summed E-state index contributed by atoms with van der Waals surface area (Å²) >= 11 is 0. The summed E-state index contributed by atoms with van der Waals surface area (Å²) in [6.45, 7) is 6.54. The highest BCUT2D eigenvalue weighted by Gasteiger charge is 2.27. The van der Waals surface area contributed by atoms with E-state index in [0.717, 1.165) is 0 Å². The molecule has 8 nitrogen and oxygen atoms in total. The lowest BCUT2D eigenvalue weighted by Crippen LogP contribution is -2.41. The van der Waals surface area contributed by atoms with Gasteiger partial charge in [0.25, 0.3) is 5.95 Å². The highest BCUT2D eigenvalue weighted by atomic mass is 16.4. The zero-order valence-electron chi connectivity index (χ0n) is 11.3. The van der Waals surface area contributed by atoms with Crippen LogP contribution >= 0.6 is 0 Å². The van der Waals surface area contributed by atoms with Gasteiger partial charge in [0, 0.05) is 6.54 Å². The Balaban J connectivity index is 2.56. The van der Waals surface area contributed by atoms with Crippen molar-refractivity contribution in [2.24, 2.45) is 5.41 Å². The van der Waals surface area contributed by atoms with Crippen LogP contribution in [0.2, 0.25) is 0 Å². The molecule has 0 radical (unpaired) electrons. The fraction of sp³-hybridized carbons (Fsp3) is 0.545. The monoisotopic (exact) mass is 267 g/mol. The number of carbonyl (C=O) groups excluding carboxylic acids is 1. The largest absolute Gasteiger partial charge is 0.481 e. The van der Waals surface area contributed by atoms with Crippen molar-refractivity contribution in [3.63, 3.8) is 0 Å². The second-order valence-corrected chi connectivity index (χ2v) is 4.80. The second kappa shape index (κ2) is 5.59. The van der Waals surface area contributed by atoms with Gasteiger partial charge in [0.05, 0.1) is 16.8 Å². The Morgan fingerprint density at radius 3 is 2.37 bits per heavy atom. The van der Waals surface area contributed by atoms with Crippen LogP contribution in [0.1, 0.15) is 25.2 Å². The number of anilines is 1. The molecule has 1 aromatic heterocycles. The van der Waals surface area contributed by atoms with Crippen molar-refractivity contribution in [1.82, 2.24) is 20.5 Å². The van der Waals surface area contributed by atoms with E-state index >= 15 is 0 Å². The quantitative estimate of drug-likeness (QED) is 0.740. The van der Waals surface area contributed by atoms with E-state index in [9.17, 15) is 9.59 Å². The maximum absolute atomic E-state index is 11.6. The second-order valence-electron chi connectivity index (χ2n) is 4.80. The summed E-state index contributed by atoms with van der Waals surface area (Å²) in [7, 11) is 0. The summed E-state index contributed by atoms with van der Waals surface area (Å²) in [5.74, 6) is -0.911. The van der Waals surface area contributed by atoms with Gasteiger partial charge in [0.2, 0.25) is 0 Å². The Bertz CT molecular complexity index is 501. The average Bonchev–Trinajstić information content (AvgIpc) is 2.31. The third-order valence-electron chi connectivity index (χ3n) is 2.59. The van der Waals surface area contributed by atoms with Gasteiger partial charge in [-0.25, -0.2) is 9.78 Å². The number of carboxylic acid groups (broad SMARTS) is 1. The summed E-state index contributed by atoms with van der Waals surface area (Å²) < 4.78 is 0. The molecule has 19 heavy (non-hydrogen) atoms. The lowest BCUT2D eigenvalue weighted by atomic mass is 9.94. The molecule has 1 rings (SSSR count). The molecule has 2 amide bonds. The highest BCUT2D eigenvalue weighted by Crippen LogP contribution is 2.13. The molecule has 0 bridgehead atoms. The van der Waals surface area contributed by atoms with E-state index in [0.29, 0.717) is 11.4 Å². The van der Waals surface area contributed by atoms with Crippen molar-refractivity contribution in [1.29, 1.82) is 0 Å². The molecule has 0 unspecified atom stereocenters. The zero-order valence-corrected chi connectivity index (χ0v) is 11.3. The van der Waals surface area contributed by atoms with Crippen molar-refractivity contribution < 1.29 is 14.7 Å². The fourth-order valence-corrected chi connectivity index (χ4v) is 1.03. The zero-order chi connectivity index (χ0) is 14.6. The predicted octanol–water partition coefficient (Wildman–Crippen LogP) is 0.721. The summed E-state index contributed by atoms with van der Waals surface area (Å²) in [5.41, 5.74) is 0.300. The lowest BCUT2D eigenvalue weighted by molar-refractivity contribution is -0.146. The van der Waals surface area contributed by atoms with Crippen molar-refractivity contribution in [2.45, 2.75) is 27.7 Å². The Hall–Kier alpha value is -2.25. The van der Waals surface area contributed by atoms with Gasteiger partial charge in [-0.1, -0.05) is 0 Å². The molecule has 3 N–H and O–H groups in total. The van der Waals surface area contributed by atoms with Gasteiger partial charge in [-0.05, 0) is 27.7 Å². The van der Waals surface area contributed by atoms with Crippen LogP contribution < -0.4 is 10.6 Å². The van der Waals surface area contributed by atoms with E-state index in [-0.39, 0.29) is 12.5 Å². The molecular formula is C11H17N5O3. The van der Waals surface area contributed by atoms with Crippen LogP contribution in [0.15, 0.2) is 0 Å². The molecule has 0 atom stereocenters. The molecule has 0 spiro atoms. The Morgan fingerprint density at radius 2 is 1.84 bits per heavy atom. The van der Waals surface area contributed by atoms with Crippen LogP contribution in [0.5, 0.6) is 0 Å². The highest BCUT2D eigenvalue weighted by molar-refractivity contribution is 5.87. The third-order valence-corrected chi connectivity index (χ3v) is 2.59. The average molecular weight is 267 g/mol. The molecule has 0 fully saturated rings. The summed E-state index contributed by atoms with van der Waals surface area (Å²) in [6.07, 6.45) is 0. The number of rotatable bonds is 4. The van der Waals surface area contributed by atoms with Crippen molar-refractivity contribution >= 4 is 17.9 Å². The number of nitrogens with one attached hydrogen (secondary N) is 2. The van der Waals surface area contributed by atoms with E-state index in [2.05, 4.69) is 25.8 Å². The molecule has 0 aliphatic carbocycles. The van der Waals surface area contributed by atoms with Gasteiger partial charge in [-0.15, -0.1) is 5.10 Å². The first-order chi connectivity index (χ1) is 8.72. The minimum atomic E-state index is -1.04. The van der Waals surface area contributed by atoms with Gasteiger partial charge in [0.15, 0.2) is 0 Å². The van der Waals surface area contributed by atoms with E-state index < -0.39 is 17.4 Å². The first kappa shape index (κ1) is 14.8. The molecular weight excluding hydrogens is 250 g/mol. The van der Waals surface area contributed by atoms with Crippen LogP contribution in [0, 0.1) is 19.3 Å². The molecule has 1 aromatic rings. The predicted molar refractivity (Wildman–Crippen MR) is 67.7 cm³/mol. The number of nitrogens with zero attached hydrogens (tertiary/aromatic N) is 3. The number of carboxylic acids is 1. The first-order valence-corrected chi connectivity index (χ1v) is 5.68. The SMILES string of the molecule is Cc1nnc(NC(=O)NCC(C)(C)C(=O)O)nc1C. The first-order valence-electron chi connectivity index (χ1n) is 5.68. The van der Waals surface area contributed by atoms with Crippen LogP contribution in [-0.2, 0) is 4.79 Å². The number of hydrogen-bond donors (Lipinski definition) is 3. The molecule has 0 saturated heterocycles. The lowest BCUT2D eigenvalue weighted by Gasteiger charge is -2.19. The standard InChI is InChI=1S/C11H17N5O3/c1-6-7(2)15-16-9(13-6)14-10(19)12-5-11(3,4)8(17)18/h5H2,1-4H3,(H,17,18)(H2,12,13,14,16,19). The number of carbonyl (C=O) groups is 2. The van der Waals surface area contributed by atoms with Gasteiger partial charge >= 0.3 is 12.0 Å². The van der Waals surface area contributed by atoms with Crippen molar-refractivity contribution in [3.05, 3.63) is 11.4 Å². The maximum atomic E-state index is 11.6. The van der Waals surface area contributed by atoms with Crippen molar-refractivity contribution in [2.75, 3.05) is 11.9 Å². The number of aliphatic carboxylic acids is 1. The van der Waals surface area contributed by atoms with E-state index in [1.165, 1.54) is 13.8 Å². The van der Waals surface area contributed by atoms with Gasteiger partial charge in [-0.3, -0.25) is 10.1 Å². The Labute approximate surface area is 110 Å². The van der Waals surface area contributed by atoms with E-state index in [1.54, 1.807) is 13.8 Å². The molecule has 0 aromatic carbocycles. The van der Waals surface area contributed by atoms with Crippen LogP contribution in [-0.4, -0.2) is 38.8 Å². The number of aryl methyl sites for hydroxylation is 2. The molecule has 8 heteroatoms. The molecule has 1 heterocycles. The van der Waals surface area contributed by atoms with Crippen LogP contribution in [0.3, 0.4) is 0 Å². The molecule has 0 aliphatic heterocycles. The van der Waals surface area contributed by atoms with Gasteiger partial charge < -0.3 is 10.4 Å². The number of aromatic nitrogens is 3. The smallest absolute Gasteiger partial charge is 0.321 e. The molecule has 0 aliphatic rings. The van der Waals surface area contributed by atoms with Crippen LogP contribution in [0.4, 0.5) is 10.7 Å². The Kier molecular flexibility index (Phi) is 4.36. The van der Waals surface area contributed by atoms with Crippen molar-refractivity contribution in [3.8, 4) is 0 Å². The normalized spacial score (nSPS) is 10.9. The minimum Gasteiger partial charge on any atom is -0.481 e. The molecule has 0 saturated carbocycles. The number of amides is 2. The van der Waals surface area contributed by atoms with Crippen LogP contribution in [0.25, 0.3) is 0 Å². The summed E-state index contributed by atoms with van der Waals surface area (Å²) in [5, 5.41) is 21.3.